The number of ether oxygens (including phenoxy) is 4. The summed E-state index contributed by atoms with van der Waals surface area (Å²) in [5.74, 6) is -0.688. The number of hydrogen-bond acceptors (Lipinski definition) is 15. The van der Waals surface area contributed by atoms with E-state index in [-0.39, 0.29) is 25.7 Å². The van der Waals surface area contributed by atoms with Crippen molar-refractivity contribution in [1.82, 2.24) is 0 Å². The van der Waals surface area contributed by atoms with Crippen LogP contribution < -0.4 is 0 Å². The van der Waals surface area contributed by atoms with Crippen LogP contribution in [-0.4, -0.2) is 96.7 Å². The number of carbonyl (C=O) groups excluding carboxylic acids is 4. The van der Waals surface area contributed by atoms with E-state index >= 15 is 0 Å². The number of phosphoric acid groups is 2. The number of carbonyl (C=O) groups is 4. The summed E-state index contributed by atoms with van der Waals surface area (Å²) in [6, 6.07) is 0. The fourth-order valence-corrected chi connectivity index (χ4v) is 11.5. The minimum absolute atomic E-state index is 0.102. The van der Waals surface area contributed by atoms with Crippen molar-refractivity contribution in [2.45, 2.75) is 349 Å². The van der Waals surface area contributed by atoms with E-state index in [4.69, 9.17) is 37.0 Å². The molecule has 0 saturated carbocycles. The molecule has 0 bridgehead atoms. The molecule has 17 nitrogen and oxygen atoms in total. The first-order chi connectivity index (χ1) is 40.9. The minimum atomic E-state index is -4.95. The quantitative estimate of drug-likeness (QED) is 0.0222. The van der Waals surface area contributed by atoms with Crippen LogP contribution in [0, 0.1) is 11.8 Å². The molecule has 0 aliphatic carbocycles. The van der Waals surface area contributed by atoms with Gasteiger partial charge in [0.1, 0.15) is 19.3 Å². The molecule has 0 radical (unpaired) electrons. The molecular formula is C66H128O17P2. The van der Waals surface area contributed by atoms with Crippen molar-refractivity contribution in [3.8, 4) is 0 Å². The topological polar surface area (TPSA) is 237 Å². The van der Waals surface area contributed by atoms with Crippen molar-refractivity contribution < 1.29 is 80.2 Å². The molecule has 0 aromatic carbocycles. The number of aliphatic hydroxyl groups excluding tert-OH is 1. The minimum Gasteiger partial charge on any atom is -0.462 e. The van der Waals surface area contributed by atoms with Gasteiger partial charge in [-0.05, 0) is 37.5 Å². The lowest BCUT2D eigenvalue weighted by Crippen LogP contribution is -2.30. The molecule has 19 heteroatoms. The molecule has 0 aromatic heterocycles. The van der Waals surface area contributed by atoms with Crippen molar-refractivity contribution in [3.05, 3.63) is 0 Å². The van der Waals surface area contributed by atoms with E-state index < -0.39 is 97.5 Å². The van der Waals surface area contributed by atoms with E-state index in [1.54, 1.807) is 0 Å². The van der Waals surface area contributed by atoms with Crippen molar-refractivity contribution in [2.75, 3.05) is 39.6 Å². The molecular weight excluding hydrogens is 1130 g/mol. The lowest BCUT2D eigenvalue weighted by atomic mass is 10.0. The molecule has 0 aliphatic heterocycles. The van der Waals surface area contributed by atoms with Gasteiger partial charge >= 0.3 is 39.5 Å². The predicted molar refractivity (Wildman–Crippen MR) is 340 cm³/mol. The molecule has 0 rings (SSSR count). The average molecular weight is 1260 g/mol. The lowest BCUT2D eigenvalue weighted by molar-refractivity contribution is -0.161. The molecule has 0 spiro atoms. The second-order valence-corrected chi connectivity index (χ2v) is 27.7. The van der Waals surface area contributed by atoms with Gasteiger partial charge in [0.15, 0.2) is 12.2 Å². The van der Waals surface area contributed by atoms with E-state index in [2.05, 4.69) is 41.5 Å². The van der Waals surface area contributed by atoms with Crippen LogP contribution >= 0.6 is 15.6 Å². The molecule has 5 atom stereocenters. The summed E-state index contributed by atoms with van der Waals surface area (Å²) in [6.07, 6.45) is 42.2. The highest BCUT2D eigenvalue weighted by molar-refractivity contribution is 7.47. The van der Waals surface area contributed by atoms with Gasteiger partial charge in [0.05, 0.1) is 26.4 Å². The Bertz CT molecular complexity index is 1670. The summed E-state index contributed by atoms with van der Waals surface area (Å²) in [5, 5.41) is 10.5. The van der Waals surface area contributed by atoms with Crippen LogP contribution in [0.25, 0.3) is 0 Å². The predicted octanol–water partition coefficient (Wildman–Crippen LogP) is 18.4. The molecule has 0 saturated heterocycles. The summed E-state index contributed by atoms with van der Waals surface area (Å²) in [5.41, 5.74) is 0. The first kappa shape index (κ1) is 83.1. The molecule has 2 unspecified atom stereocenters. The van der Waals surface area contributed by atoms with Gasteiger partial charge in [-0.2, -0.15) is 0 Å². The number of esters is 4. The van der Waals surface area contributed by atoms with Crippen LogP contribution in [0.3, 0.4) is 0 Å². The second-order valence-electron chi connectivity index (χ2n) is 24.8. The van der Waals surface area contributed by atoms with Gasteiger partial charge in [-0.3, -0.25) is 37.3 Å². The van der Waals surface area contributed by atoms with Crippen molar-refractivity contribution >= 4 is 39.5 Å². The molecule has 85 heavy (non-hydrogen) atoms. The Labute approximate surface area is 517 Å². The third-order valence-electron chi connectivity index (χ3n) is 15.2. The van der Waals surface area contributed by atoms with Crippen molar-refractivity contribution in [2.24, 2.45) is 11.8 Å². The monoisotopic (exact) mass is 1250 g/mol. The van der Waals surface area contributed by atoms with E-state index in [1.807, 2.05) is 0 Å². The third kappa shape index (κ3) is 60.7. The van der Waals surface area contributed by atoms with Gasteiger partial charge < -0.3 is 33.8 Å². The van der Waals surface area contributed by atoms with Crippen LogP contribution in [0.4, 0.5) is 0 Å². The zero-order valence-electron chi connectivity index (χ0n) is 54.9. The number of phosphoric ester groups is 2. The second kappa shape index (κ2) is 58.4. The Balaban J connectivity index is 5.16. The summed E-state index contributed by atoms with van der Waals surface area (Å²) in [4.78, 5) is 72.1. The van der Waals surface area contributed by atoms with Crippen LogP contribution in [0.2, 0.25) is 0 Å². The average Bonchev–Trinajstić information content (AvgIpc) is 3.58. The van der Waals surface area contributed by atoms with Gasteiger partial charge in [-0.1, -0.05) is 279 Å². The maximum Gasteiger partial charge on any atom is 0.472 e. The van der Waals surface area contributed by atoms with Crippen molar-refractivity contribution in [1.29, 1.82) is 0 Å². The standard InChI is InChI=1S/C66H128O17P2/c1-7-9-11-13-14-15-16-17-18-19-20-21-22-27-32-38-44-50-65(70)83-62(55-77-64(69)49-43-37-31-26-24-23-25-29-35-40-46-58(3)4)57-81-85(74,75)79-53-60(67)52-78-84(72,73)80-56-61(54-76-63(68)48-42-34-12-10-8-2)82-66(71)51-45-39-33-28-30-36-41-47-59(5)6/h58-62,67H,7-57H2,1-6H3,(H,72,73)(H,74,75)/t60-,61+,62+/m0/s1. The van der Waals surface area contributed by atoms with Gasteiger partial charge in [-0.15, -0.1) is 0 Å². The SMILES string of the molecule is CCCCCCCCCCCCCCCCCCCC(=O)O[C@H](COC(=O)CCCCCCCCCCCCC(C)C)COP(=O)(O)OC[C@@H](O)COP(=O)(O)OC[C@@H](COC(=O)CCCCCCC)OC(=O)CCCCCCCCCC(C)C. The van der Waals surface area contributed by atoms with Crippen LogP contribution in [0.15, 0.2) is 0 Å². The molecule has 0 fully saturated rings. The maximum absolute atomic E-state index is 13.0. The Kier molecular flexibility index (Phi) is 57.1. The molecule has 0 amide bonds. The smallest absolute Gasteiger partial charge is 0.462 e. The van der Waals surface area contributed by atoms with E-state index in [0.717, 1.165) is 102 Å². The van der Waals surface area contributed by atoms with Gasteiger partial charge in [0.2, 0.25) is 0 Å². The van der Waals surface area contributed by atoms with E-state index in [1.165, 1.54) is 141 Å². The Hall–Kier alpha value is -1.94. The molecule has 0 heterocycles. The highest BCUT2D eigenvalue weighted by Crippen LogP contribution is 2.45. The molecule has 0 aromatic rings. The highest BCUT2D eigenvalue weighted by Gasteiger charge is 2.30. The van der Waals surface area contributed by atoms with E-state index in [9.17, 15) is 43.2 Å². The van der Waals surface area contributed by atoms with Crippen LogP contribution in [-0.2, 0) is 65.4 Å². The normalized spacial score (nSPS) is 14.2. The van der Waals surface area contributed by atoms with Gasteiger partial charge in [0.25, 0.3) is 0 Å². The van der Waals surface area contributed by atoms with Crippen LogP contribution in [0.5, 0.6) is 0 Å². The summed E-state index contributed by atoms with van der Waals surface area (Å²) < 4.78 is 67.9. The Morgan fingerprint density at radius 1 is 0.318 bits per heavy atom. The molecule has 0 aliphatic rings. The maximum atomic E-state index is 13.0. The van der Waals surface area contributed by atoms with Gasteiger partial charge in [-0.25, -0.2) is 9.13 Å². The fraction of sp³-hybridized carbons (Fsp3) is 0.939. The first-order valence-corrected chi connectivity index (χ1v) is 37.5. The number of unbranched alkanes of at least 4 members (excludes halogenated alkanes) is 35. The number of rotatable bonds is 65. The summed E-state index contributed by atoms with van der Waals surface area (Å²) >= 11 is 0. The highest BCUT2D eigenvalue weighted by atomic mass is 31.2. The first-order valence-electron chi connectivity index (χ1n) is 34.5. The van der Waals surface area contributed by atoms with Crippen LogP contribution in [0.1, 0.15) is 330 Å². The number of aliphatic hydroxyl groups is 1. The molecule has 3 N–H and O–H groups in total. The Morgan fingerprint density at radius 2 is 0.541 bits per heavy atom. The zero-order chi connectivity index (χ0) is 62.9. The van der Waals surface area contributed by atoms with Gasteiger partial charge in [0, 0.05) is 25.7 Å². The molecule has 504 valence electrons. The van der Waals surface area contributed by atoms with E-state index in [0.29, 0.717) is 31.6 Å². The zero-order valence-corrected chi connectivity index (χ0v) is 56.7. The van der Waals surface area contributed by atoms with Crippen molar-refractivity contribution in [3.63, 3.8) is 0 Å². The fourth-order valence-electron chi connectivity index (χ4n) is 9.88. The number of hydrogen-bond donors (Lipinski definition) is 3. The lowest BCUT2D eigenvalue weighted by Gasteiger charge is -2.21. The third-order valence-corrected chi connectivity index (χ3v) is 17.1. The largest absolute Gasteiger partial charge is 0.472 e. The Morgan fingerprint density at radius 3 is 0.800 bits per heavy atom. The summed E-state index contributed by atoms with van der Waals surface area (Å²) in [7, 11) is -9.88. The summed E-state index contributed by atoms with van der Waals surface area (Å²) in [6.45, 7) is 9.36.